The Balaban J connectivity index is 2.08. The van der Waals surface area contributed by atoms with Crippen LogP contribution in [0, 0.1) is 11.6 Å². The van der Waals surface area contributed by atoms with Crippen molar-refractivity contribution in [1.82, 2.24) is 5.01 Å². The first-order valence-corrected chi connectivity index (χ1v) is 10.6. The number of hydrogen-bond acceptors (Lipinski definition) is 5. The number of thioether (sulfide) groups is 1. The van der Waals surface area contributed by atoms with Crippen LogP contribution in [0.1, 0.15) is 37.3 Å². The van der Waals surface area contributed by atoms with Gasteiger partial charge in [0.25, 0.3) is 0 Å². The van der Waals surface area contributed by atoms with Crippen LogP contribution in [0.2, 0.25) is 0 Å². The summed E-state index contributed by atoms with van der Waals surface area (Å²) in [5.41, 5.74) is 7.07. The van der Waals surface area contributed by atoms with Crippen LogP contribution in [-0.4, -0.2) is 36.4 Å². The molecule has 0 bridgehead atoms. The van der Waals surface area contributed by atoms with E-state index in [-0.39, 0.29) is 11.7 Å². The fourth-order valence-electron chi connectivity index (χ4n) is 3.52. The van der Waals surface area contributed by atoms with Gasteiger partial charge in [-0.15, -0.1) is 0 Å². The lowest BCUT2D eigenvalue weighted by atomic mass is 10.00. The summed E-state index contributed by atoms with van der Waals surface area (Å²) in [6.07, 6.45) is 2.29. The van der Waals surface area contributed by atoms with Gasteiger partial charge in [0.15, 0.2) is 0 Å². The Morgan fingerprint density at radius 3 is 2.62 bits per heavy atom. The maximum Gasteiger partial charge on any atom is 0.134 e. The van der Waals surface area contributed by atoms with Crippen LogP contribution >= 0.6 is 11.8 Å². The van der Waals surface area contributed by atoms with E-state index in [4.69, 9.17) is 15.6 Å². The van der Waals surface area contributed by atoms with Gasteiger partial charge in [0.05, 0.1) is 12.6 Å². The molecule has 29 heavy (non-hydrogen) atoms. The van der Waals surface area contributed by atoms with E-state index in [0.717, 1.165) is 37.0 Å². The Morgan fingerprint density at radius 1 is 1.21 bits per heavy atom. The first kappa shape index (κ1) is 21.7. The number of hydrazone groups is 1. The van der Waals surface area contributed by atoms with Crippen LogP contribution in [0.5, 0.6) is 0 Å². The van der Waals surface area contributed by atoms with Gasteiger partial charge in [-0.25, -0.2) is 8.78 Å². The molecule has 4 nitrogen and oxygen atoms in total. The summed E-state index contributed by atoms with van der Waals surface area (Å²) in [5.74, 6) is -0.974. The molecule has 2 atom stereocenters. The van der Waals surface area contributed by atoms with E-state index in [1.165, 1.54) is 17.8 Å². The predicted molar refractivity (Wildman–Crippen MR) is 115 cm³/mol. The van der Waals surface area contributed by atoms with Crippen molar-refractivity contribution in [2.45, 2.75) is 37.2 Å². The monoisotopic (exact) mass is 419 g/mol. The molecule has 0 amide bonds. The zero-order valence-electron chi connectivity index (χ0n) is 16.8. The molecule has 0 radical (unpaired) electrons. The number of nitrogens with zero attached hydrogens (tertiary/aromatic N) is 2. The number of ether oxygens (including phenoxy) is 1. The number of hydrogen-bond donors (Lipinski definition) is 1. The lowest BCUT2D eigenvalue weighted by Crippen LogP contribution is -2.42. The summed E-state index contributed by atoms with van der Waals surface area (Å²) in [7, 11) is 1.68. The summed E-state index contributed by atoms with van der Waals surface area (Å²) >= 11 is 1.46. The summed E-state index contributed by atoms with van der Waals surface area (Å²) in [6.45, 7) is 3.13. The van der Waals surface area contributed by atoms with Crippen molar-refractivity contribution in [2.75, 3.05) is 20.2 Å². The molecule has 2 aromatic carbocycles. The second-order valence-electron chi connectivity index (χ2n) is 7.02. The van der Waals surface area contributed by atoms with Crippen LogP contribution in [0.4, 0.5) is 8.78 Å². The first-order valence-electron chi connectivity index (χ1n) is 9.83. The summed E-state index contributed by atoms with van der Waals surface area (Å²) in [4.78, 5) is -0.555. The fraction of sp³-hybridized carbons (Fsp3) is 0.409. The number of benzene rings is 2. The summed E-state index contributed by atoms with van der Waals surface area (Å²) in [6, 6.07) is 13.5. The predicted octanol–water partition coefficient (Wildman–Crippen LogP) is 4.69. The second-order valence-corrected chi connectivity index (χ2v) is 8.29. The lowest BCUT2D eigenvalue weighted by molar-refractivity contribution is 0.0382. The maximum atomic E-state index is 14.5. The molecule has 1 unspecified atom stereocenters. The van der Waals surface area contributed by atoms with Crippen LogP contribution < -0.4 is 5.73 Å². The van der Waals surface area contributed by atoms with E-state index in [1.54, 1.807) is 7.11 Å². The van der Waals surface area contributed by atoms with Crippen molar-refractivity contribution in [1.29, 1.82) is 0 Å². The van der Waals surface area contributed by atoms with Gasteiger partial charge in [0.2, 0.25) is 0 Å². The third kappa shape index (κ3) is 4.63. The highest BCUT2D eigenvalue weighted by molar-refractivity contribution is 8.15. The number of halogens is 2. The van der Waals surface area contributed by atoms with E-state index in [2.05, 4.69) is 6.92 Å². The molecule has 2 aromatic rings. The highest BCUT2D eigenvalue weighted by atomic mass is 32.2. The first-order chi connectivity index (χ1) is 14.0. The summed E-state index contributed by atoms with van der Waals surface area (Å²) < 4.78 is 34.0. The minimum Gasteiger partial charge on any atom is -0.380 e. The van der Waals surface area contributed by atoms with Crippen LogP contribution in [0.25, 0.3) is 0 Å². The lowest BCUT2D eigenvalue weighted by Gasteiger charge is -2.38. The molecule has 0 aromatic heterocycles. The van der Waals surface area contributed by atoms with E-state index in [1.807, 2.05) is 35.3 Å². The average molecular weight is 420 g/mol. The van der Waals surface area contributed by atoms with E-state index in [9.17, 15) is 8.78 Å². The second kappa shape index (κ2) is 9.69. The van der Waals surface area contributed by atoms with Crippen molar-refractivity contribution < 1.29 is 13.5 Å². The Kier molecular flexibility index (Phi) is 7.27. The summed E-state index contributed by atoms with van der Waals surface area (Å²) in [5, 5.41) is 7.20. The molecule has 3 rings (SSSR count). The molecule has 1 aliphatic heterocycles. The zero-order chi connectivity index (χ0) is 20.9. The molecule has 0 spiro atoms. The van der Waals surface area contributed by atoms with Gasteiger partial charge < -0.3 is 10.5 Å². The molecule has 7 heteroatoms. The molecule has 1 aliphatic rings. The minimum atomic E-state index is -0.555. The minimum absolute atomic E-state index is 0.0305. The zero-order valence-corrected chi connectivity index (χ0v) is 17.6. The largest absolute Gasteiger partial charge is 0.380 e. The highest BCUT2D eigenvalue weighted by Crippen LogP contribution is 2.50. The molecule has 0 aliphatic carbocycles. The molecular formula is C22H27F2N3OS. The Morgan fingerprint density at radius 2 is 1.97 bits per heavy atom. The molecule has 0 saturated heterocycles. The highest BCUT2D eigenvalue weighted by Gasteiger charge is 2.46. The van der Waals surface area contributed by atoms with Crippen LogP contribution in [0.3, 0.4) is 0 Å². The smallest absolute Gasteiger partial charge is 0.134 e. The van der Waals surface area contributed by atoms with Crippen LogP contribution in [0.15, 0.2) is 53.6 Å². The number of methoxy groups -OCH3 is 1. The van der Waals surface area contributed by atoms with Gasteiger partial charge in [0.1, 0.15) is 21.5 Å². The maximum absolute atomic E-state index is 14.5. The quantitative estimate of drug-likeness (QED) is 0.641. The molecule has 2 N–H and O–H groups in total. The molecule has 0 fully saturated rings. The normalized spacial score (nSPS) is 20.0. The van der Waals surface area contributed by atoms with Gasteiger partial charge in [-0.1, -0.05) is 49.0 Å². The van der Waals surface area contributed by atoms with Gasteiger partial charge in [-0.05, 0) is 49.6 Å². The van der Waals surface area contributed by atoms with Gasteiger partial charge in [-0.2, -0.15) is 5.10 Å². The van der Waals surface area contributed by atoms with Crippen molar-refractivity contribution in [2.24, 2.45) is 10.8 Å². The Labute approximate surface area is 175 Å². The molecule has 156 valence electrons. The molecular weight excluding hydrogens is 392 g/mol. The standard InChI is InChI=1S/C22H27F2N3OS/c1-3-18(28-2)15-27-22(12-7-13-25,16-8-5-4-6-9-16)29-21(26-27)19-14-17(23)10-11-20(19)24/h4-6,8-11,14,18H,3,7,12-13,15,25H2,1-2H3/t18?,22-/m0/s1. The van der Waals surface area contributed by atoms with Gasteiger partial charge >= 0.3 is 0 Å². The fourth-order valence-corrected chi connectivity index (χ4v) is 4.96. The number of rotatable bonds is 9. The molecule has 1 heterocycles. The van der Waals surface area contributed by atoms with E-state index >= 15 is 0 Å². The van der Waals surface area contributed by atoms with Crippen LogP contribution in [-0.2, 0) is 9.61 Å². The van der Waals surface area contributed by atoms with Crippen molar-refractivity contribution in [3.8, 4) is 0 Å². The van der Waals surface area contributed by atoms with Gasteiger partial charge in [0, 0.05) is 12.7 Å². The Bertz CT molecular complexity index is 845. The number of nitrogens with two attached hydrogens (primary N) is 1. The average Bonchev–Trinajstić information content (AvgIpc) is 3.12. The van der Waals surface area contributed by atoms with Crippen molar-refractivity contribution in [3.05, 3.63) is 71.3 Å². The topological polar surface area (TPSA) is 50.8 Å². The molecule has 0 saturated carbocycles. The third-order valence-corrected chi connectivity index (χ3v) is 6.65. The van der Waals surface area contributed by atoms with Crippen molar-refractivity contribution >= 4 is 16.8 Å². The van der Waals surface area contributed by atoms with Crippen molar-refractivity contribution in [3.63, 3.8) is 0 Å². The SMILES string of the molecule is CCC(CN1N=C(c2cc(F)ccc2F)S[C@@]1(CCCN)c1ccccc1)OC. The van der Waals surface area contributed by atoms with Gasteiger partial charge in [-0.3, -0.25) is 5.01 Å². The van der Waals surface area contributed by atoms with E-state index < -0.39 is 16.5 Å². The van der Waals surface area contributed by atoms with E-state index in [0.29, 0.717) is 18.1 Å². The Hall–Kier alpha value is -1.96. The third-order valence-electron chi connectivity index (χ3n) is 5.16.